The Morgan fingerprint density at radius 2 is 2.06 bits per heavy atom. The van der Waals surface area contributed by atoms with E-state index in [0.29, 0.717) is 5.02 Å². The number of halogens is 1. The highest BCUT2D eigenvalue weighted by Gasteiger charge is 2.15. The molecule has 0 radical (unpaired) electrons. The van der Waals surface area contributed by atoms with Crippen LogP contribution in [0.4, 0.5) is 5.88 Å². The van der Waals surface area contributed by atoms with Crippen LogP contribution in [0.25, 0.3) is 11.0 Å². The summed E-state index contributed by atoms with van der Waals surface area (Å²) in [6.45, 7) is 3.98. The Kier molecular flexibility index (Phi) is 2.50. The fraction of sp³-hybridized carbons (Fsp3) is 0.333. The van der Waals surface area contributed by atoms with Gasteiger partial charge in [-0.15, -0.1) is 0 Å². The number of furan rings is 1. The van der Waals surface area contributed by atoms with Crippen LogP contribution in [0.15, 0.2) is 28.7 Å². The summed E-state index contributed by atoms with van der Waals surface area (Å²) in [7, 11) is 0. The highest BCUT2D eigenvalue weighted by molar-refractivity contribution is 6.34. The highest BCUT2D eigenvalue weighted by atomic mass is 35.5. The Balaban J connectivity index is 2.01. The van der Waals surface area contributed by atoms with Gasteiger partial charge in [0.05, 0.1) is 5.02 Å². The number of para-hydroxylation sites is 1. The lowest BCUT2D eigenvalue weighted by Gasteiger charge is -2.26. The quantitative estimate of drug-likeness (QED) is 0.825. The molecule has 1 aromatic carbocycles. The number of anilines is 1. The SMILES string of the molecule is Clc1cccc2cc(N3CCNCC3)oc12. The summed E-state index contributed by atoms with van der Waals surface area (Å²) < 4.78 is 5.80. The molecule has 0 spiro atoms. The van der Waals surface area contributed by atoms with Gasteiger partial charge in [-0.1, -0.05) is 23.7 Å². The summed E-state index contributed by atoms with van der Waals surface area (Å²) in [5, 5.41) is 5.07. The zero-order valence-corrected chi connectivity index (χ0v) is 9.63. The minimum atomic E-state index is 0.680. The molecule has 4 heteroatoms. The molecule has 84 valence electrons. The number of piperazine rings is 1. The summed E-state index contributed by atoms with van der Waals surface area (Å²) in [5.41, 5.74) is 0.790. The maximum atomic E-state index is 6.08. The van der Waals surface area contributed by atoms with Crippen molar-refractivity contribution in [3.05, 3.63) is 29.3 Å². The van der Waals surface area contributed by atoms with Crippen LogP contribution in [0.2, 0.25) is 5.02 Å². The number of nitrogens with zero attached hydrogens (tertiary/aromatic N) is 1. The zero-order valence-electron chi connectivity index (χ0n) is 8.87. The average Bonchev–Trinajstić information content (AvgIpc) is 2.76. The van der Waals surface area contributed by atoms with Gasteiger partial charge in [-0.25, -0.2) is 0 Å². The highest BCUT2D eigenvalue weighted by Crippen LogP contribution is 2.31. The predicted octanol–water partition coefficient (Wildman–Crippen LogP) is 2.50. The molecule has 1 aliphatic rings. The van der Waals surface area contributed by atoms with Crippen molar-refractivity contribution in [1.82, 2.24) is 5.32 Å². The van der Waals surface area contributed by atoms with E-state index >= 15 is 0 Å². The van der Waals surface area contributed by atoms with Crippen LogP contribution in [0.1, 0.15) is 0 Å². The van der Waals surface area contributed by atoms with Crippen LogP contribution in [-0.4, -0.2) is 26.2 Å². The van der Waals surface area contributed by atoms with Crippen molar-refractivity contribution >= 4 is 28.5 Å². The Labute approximate surface area is 99.0 Å². The van der Waals surface area contributed by atoms with E-state index in [0.717, 1.165) is 43.0 Å². The molecule has 1 aromatic heterocycles. The molecule has 0 amide bonds. The monoisotopic (exact) mass is 236 g/mol. The first-order valence-corrected chi connectivity index (χ1v) is 5.86. The summed E-state index contributed by atoms with van der Waals surface area (Å²) in [6.07, 6.45) is 0. The van der Waals surface area contributed by atoms with Crippen LogP contribution in [-0.2, 0) is 0 Å². The number of hydrogen-bond acceptors (Lipinski definition) is 3. The first-order chi connectivity index (χ1) is 7.84. The molecule has 3 nitrogen and oxygen atoms in total. The lowest BCUT2D eigenvalue weighted by Crippen LogP contribution is -2.43. The molecule has 0 unspecified atom stereocenters. The fourth-order valence-corrected chi connectivity index (χ4v) is 2.28. The molecular formula is C12H13ClN2O. The van der Waals surface area contributed by atoms with Crippen LogP contribution in [0.5, 0.6) is 0 Å². The van der Waals surface area contributed by atoms with Crippen LogP contribution < -0.4 is 10.2 Å². The van der Waals surface area contributed by atoms with E-state index in [1.807, 2.05) is 18.2 Å². The molecular weight excluding hydrogens is 224 g/mol. The third-order valence-corrected chi connectivity index (χ3v) is 3.21. The fourth-order valence-electron chi connectivity index (χ4n) is 2.05. The second-order valence-corrected chi connectivity index (χ2v) is 4.39. The summed E-state index contributed by atoms with van der Waals surface area (Å²) >= 11 is 6.08. The van der Waals surface area contributed by atoms with Crippen molar-refractivity contribution in [2.24, 2.45) is 0 Å². The molecule has 1 N–H and O–H groups in total. The van der Waals surface area contributed by atoms with Gasteiger partial charge in [-0.2, -0.15) is 0 Å². The van der Waals surface area contributed by atoms with Gasteiger partial charge in [0.15, 0.2) is 11.5 Å². The molecule has 3 rings (SSSR count). The van der Waals surface area contributed by atoms with Crippen molar-refractivity contribution < 1.29 is 4.42 Å². The van der Waals surface area contributed by atoms with Gasteiger partial charge < -0.3 is 14.6 Å². The number of hydrogen-bond donors (Lipinski definition) is 1. The van der Waals surface area contributed by atoms with Crippen molar-refractivity contribution in [1.29, 1.82) is 0 Å². The predicted molar refractivity (Wildman–Crippen MR) is 66.3 cm³/mol. The second-order valence-electron chi connectivity index (χ2n) is 3.98. The number of rotatable bonds is 1. The zero-order chi connectivity index (χ0) is 11.0. The third kappa shape index (κ3) is 1.66. The molecule has 1 aliphatic heterocycles. The van der Waals surface area contributed by atoms with E-state index in [-0.39, 0.29) is 0 Å². The first kappa shape index (κ1) is 10.00. The first-order valence-electron chi connectivity index (χ1n) is 5.48. The Morgan fingerprint density at radius 1 is 1.25 bits per heavy atom. The number of fused-ring (bicyclic) bond motifs is 1. The van der Waals surface area contributed by atoms with Gasteiger partial charge in [0, 0.05) is 37.6 Å². The summed E-state index contributed by atoms with van der Waals surface area (Å²) in [4.78, 5) is 2.24. The Morgan fingerprint density at radius 3 is 2.81 bits per heavy atom. The lowest BCUT2D eigenvalue weighted by atomic mass is 10.2. The smallest absolute Gasteiger partial charge is 0.196 e. The van der Waals surface area contributed by atoms with E-state index in [1.54, 1.807) is 0 Å². The topological polar surface area (TPSA) is 28.4 Å². The van der Waals surface area contributed by atoms with Crippen LogP contribution >= 0.6 is 11.6 Å². The van der Waals surface area contributed by atoms with Crippen molar-refractivity contribution in [3.8, 4) is 0 Å². The van der Waals surface area contributed by atoms with Crippen molar-refractivity contribution in [2.45, 2.75) is 0 Å². The van der Waals surface area contributed by atoms with Gasteiger partial charge in [-0.3, -0.25) is 0 Å². The molecule has 2 aromatic rings. The minimum Gasteiger partial charge on any atom is -0.439 e. The number of nitrogens with one attached hydrogen (secondary N) is 1. The van der Waals surface area contributed by atoms with Gasteiger partial charge in [0.2, 0.25) is 0 Å². The normalized spacial score (nSPS) is 16.9. The van der Waals surface area contributed by atoms with E-state index in [4.69, 9.17) is 16.0 Å². The van der Waals surface area contributed by atoms with Crippen LogP contribution in [0.3, 0.4) is 0 Å². The molecule has 0 saturated carbocycles. The van der Waals surface area contributed by atoms with E-state index < -0.39 is 0 Å². The summed E-state index contributed by atoms with van der Waals surface area (Å²) in [5.74, 6) is 0.921. The largest absolute Gasteiger partial charge is 0.439 e. The average molecular weight is 237 g/mol. The second kappa shape index (κ2) is 4.00. The molecule has 0 atom stereocenters. The van der Waals surface area contributed by atoms with Crippen molar-refractivity contribution in [3.63, 3.8) is 0 Å². The van der Waals surface area contributed by atoms with Gasteiger partial charge in [0.25, 0.3) is 0 Å². The lowest BCUT2D eigenvalue weighted by molar-refractivity contribution is 0.527. The molecule has 1 fully saturated rings. The van der Waals surface area contributed by atoms with Crippen molar-refractivity contribution in [2.75, 3.05) is 31.1 Å². The third-order valence-electron chi connectivity index (χ3n) is 2.91. The molecule has 16 heavy (non-hydrogen) atoms. The molecule has 2 heterocycles. The molecule has 0 bridgehead atoms. The summed E-state index contributed by atoms with van der Waals surface area (Å²) in [6, 6.07) is 7.89. The molecule has 0 aliphatic carbocycles. The van der Waals surface area contributed by atoms with Gasteiger partial charge in [0.1, 0.15) is 0 Å². The maximum absolute atomic E-state index is 6.08. The van der Waals surface area contributed by atoms with E-state index in [1.165, 1.54) is 0 Å². The standard InChI is InChI=1S/C12H13ClN2O/c13-10-3-1-2-9-8-11(16-12(9)10)15-6-4-14-5-7-15/h1-3,8,14H,4-7H2. The Bertz CT molecular complexity index is 503. The Hall–Kier alpha value is -1.19. The van der Waals surface area contributed by atoms with Crippen LogP contribution in [0, 0.1) is 0 Å². The van der Waals surface area contributed by atoms with Gasteiger partial charge >= 0.3 is 0 Å². The number of benzene rings is 1. The van der Waals surface area contributed by atoms with E-state index in [2.05, 4.69) is 16.3 Å². The van der Waals surface area contributed by atoms with E-state index in [9.17, 15) is 0 Å². The minimum absolute atomic E-state index is 0.680. The maximum Gasteiger partial charge on any atom is 0.196 e. The molecule has 1 saturated heterocycles. The van der Waals surface area contributed by atoms with Gasteiger partial charge in [-0.05, 0) is 6.07 Å².